The monoisotopic (exact) mass is 356 g/mol. The van der Waals surface area contributed by atoms with Crippen molar-refractivity contribution in [2.75, 3.05) is 31.7 Å². The fourth-order valence-electron chi connectivity index (χ4n) is 3.62. The van der Waals surface area contributed by atoms with Crippen molar-refractivity contribution < 1.29 is 18.3 Å². The number of fused-ring (bicyclic) bond motifs is 3. The first-order chi connectivity index (χ1) is 12.6. The molecule has 0 radical (unpaired) electrons. The Balaban J connectivity index is 1.75. The molecule has 0 saturated carbocycles. The number of para-hydroxylation sites is 1. The molecule has 4 nitrogen and oxygen atoms in total. The van der Waals surface area contributed by atoms with Crippen LogP contribution in [-0.2, 0) is 4.74 Å². The maximum Gasteiger partial charge on any atom is 0.325 e. The highest BCUT2D eigenvalue weighted by atomic mass is 19.1. The van der Waals surface area contributed by atoms with Crippen molar-refractivity contribution in [3.8, 4) is 0 Å². The Morgan fingerprint density at radius 2 is 2.00 bits per heavy atom. The molecule has 134 valence electrons. The molecule has 2 aromatic rings. The van der Waals surface area contributed by atoms with Gasteiger partial charge in [0.2, 0.25) is 0 Å². The Kier molecular flexibility index (Phi) is 4.20. The smallest absolute Gasteiger partial charge is 0.325 e. The predicted octanol–water partition coefficient (Wildman–Crippen LogP) is 3.99. The molecule has 26 heavy (non-hydrogen) atoms. The predicted molar refractivity (Wildman–Crippen MR) is 94.8 cm³/mol. The van der Waals surface area contributed by atoms with Crippen molar-refractivity contribution in [1.82, 2.24) is 4.90 Å². The second-order valence-corrected chi connectivity index (χ2v) is 6.37. The van der Waals surface area contributed by atoms with Gasteiger partial charge in [-0.2, -0.15) is 0 Å². The average Bonchev–Trinajstić information content (AvgIpc) is 3.09. The van der Waals surface area contributed by atoms with Gasteiger partial charge in [0.15, 0.2) is 0 Å². The average molecular weight is 356 g/mol. The van der Waals surface area contributed by atoms with Gasteiger partial charge in [0.05, 0.1) is 24.9 Å². The molecule has 4 rings (SSSR count). The third-order valence-electron chi connectivity index (χ3n) is 4.85. The van der Waals surface area contributed by atoms with Crippen LogP contribution in [0.3, 0.4) is 0 Å². The van der Waals surface area contributed by atoms with Gasteiger partial charge in [-0.15, -0.1) is 0 Å². The largest absolute Gasteiger partial charge is 0.383 e. The molecular formula is C20H18F2N2O2. The van der Waals surface area contributed by atoms with E-state index in [4.69, 9.17) is 4.74 Å². The number of ether oxygens (including phenoxy) is 1. The number of benzene rings is 2. The van der Waals surface area contributed by atoms with Crippen LogP contribution >= 0.6 is 0 Å². The Hall–Kier alpha value is -2.73. The third kappa shape index (κ3) is 2.66. The normalized spacial score (nSPS) is 18.7. The van der Waals surface area contributed by atoms with Crippen molar-refractivity contribution in [2.45, 2.75) is 6.04 Å². The molecule has 2 amide bonds. The highest BCUT2D eigenvalue weighted by Gasteiger charge is 2.40. The number of methoxy groups -OCH3 is 1. The second-order valence-electron chi connectivity index (χ2n) is 6.37. The molecule has 0 aromatic heterocycles. The molecule has 0 N–H and O–H groups in total. The van der Waals surface area contributed by atoms with Crippen LogP contribution in [0.25, 0.3) is 5.57 Å². The third-order valence-corrected chi connectivity index (χ3v) is 4.85. The lowest BCUT2D eigenvalue weighted by Gasteiger charge is -2.39. The Bertz CT molecular complexity index is 897. The van der Waals surface area contributed by atoms with Gasteiger partial charge in [0, 0.05) is 24.8 Å². The SMILES string of the molecule is COCCN1C(=O)N2CC(c3cc(F)ccc3F)=CC2c2ccccc21. The van der Waals surface area contributed by atoms with E-state index < -0.39 is 11.6 Å². The van der Waals surface area contributed by atoms with Gasteiger partial charge >= 0.3 is 6.03 Å². The van der Waals surface area contributed by atoms with Crippen molar-refractivity contribution in [3.63, 3.8) is 0 Å². The number of rotatable bonds is 4. The summed E-state index contributed by atoms with van der Waals surface area (Å²) in [5, 5.41) is 0. The summed E-state index contributed by atoms with van der Waals surface area (Å²) in [6, 6.07) is 10.6. The van der Waals surface area contributed by atoms with Crippen LogP contribution < -0.4 is 4.90 Å². The topological polar surface area (TPSA) is 32.8 Å². The number of anilines is 1. The molecule has 0 bridgehead atoms. The number of carbonyl (C=O) groups excluding carboxylic acids is 1. The molecule has 2 aromatic carbocycles. The number of nitrogens with zero attached hydrogens (tertiary/aromatic N) is 2. The van der Waals surface area contributed by atoms with Gasteiger partial charge in [-0.25, -0.2) is 13.6 Å². The number of hydrogen-bond acceptors (Lipinski definition) is 2. The number of hydrogen-bond donors (Lipinski definition) is 0. The Morgan fingerprint density at radius 3 is 2.81 bits per heavy atom. The molecule has 2 aliphatic rings. The first-order valence-electron chi connectivity index (χ1n) is 8.42. The Morgan fingerprint density at radius 1 is 1.19 bits per heavy atom. The van der Waals surface area contributed by atoms with Gasteiger partial charge in [0.25, 0.3) is 0 Å². The lowest BCUT2D eigenvalue weighted by molar-refractivity contribution is 0.185. The van der Waals surface area contributed by atoms with Crippen LogP contribution in [0.1, 0.15) is 17.2 Å². The van der Waals surface area contributed by atoms with Gasteiger partial charge in [-0.05, 0) is 29.8 Å². The summed E-state index contributed by atoms with van der Waals surface area (Å²) in [7, 11) is 1.59. The molecule has 6 heteroatoms. The van der Waals surface area contributed by atoms with Crippen LogP contribution in [0.5, 0.6) is 0 Å². The lowest BCUT2D eigenvalue weighted by Crippen LogP contribution is -2.48. The van der Waals surface area contributed by atoms with Gasteiger partial charge in [0.1, 0.15) is 11.6 Å². The number of carbonyl (C=O) groups is 1. The van der Waals surface area contributed by atoms with Gasteiger partial charge < -0.3 is 9.64 Å². The molecule has 0 spiro atoms. The first kappa shape index (κ1) is 16.7. The van der Waals surface area contributed by atoms with E-state index in [0.29, 0.717) is 18.7 Å². The van der Waals surface area contributed by atoms with Crippen molar-refractivity contribution >= 4 is 17.3 Å². The maximum atomic E-state index is 14.2. The van der Waals surface area contributed by atoms with E-state index in [1.165, 1.54) is 6.07 Å². The fourth-order valence-corrected chi connectivity index (χ4v) is 3.62. The molecule has 0 fully saturated rings. The highest BCUT2D eigenvalue weighted by molar-refractivity contribution is 5.98. The maximum absolute atomic E-state index is 14.2. The van der Waals surface area contributed by atoms with Crippen LogP contribution in [0.4, 0.5) is 19.3 Å². The molecule has 0 saturated heterocycles. The van der Waals surface area contributed by atoms with E-state index >= 15 is 0 Å². The molecule has 2 aliphatic heterocycles. The minimum absolute atomic E-state index is 0.159. The van der Waals surface area contributed by atoms with Crippen LogP contribution in [-0.4, -0.2) is 37.7 Å². The number of urea groups is 1. The van der Waals surface area contributed by atoms with E-state index in [1.54, 1.807) is 16.9 Å². The summed E-state index contributed by atoms with van der Waals surface area (Å²) < 4.78 is 32.9. The van der Waals surface area contributed by atoms with Gasteiger partial charge in [-0.1, -0.05) is 24.3 Å². The van der Waals surface area contributed by atoms with Crippen molar-refractivity contribution in [1.29, 1.82) is 0 Å². The summed E-state index contributed by atoms with van der Waals surface area (Å²) in [5.74, 6) is -0.991. The second kappa shape index (κ2) is 6.53. The highest BCUT2D eigenvalue weighted by Crippen LogP contribution is 2.43. The fraction of sp³-hybridized carbons (Fsp3) is 0.250. The minimum Gasteiger partial charge on any atom is -0.383 e. The van der Waals surface area contributed by atoms with Crippen LogP contribution in [0.2, 0.25) is 0 Å². The van der Waals surface area contributed by atoms with E-state index in [1.807, 2.05) is 30.3 Å². The summed E-state index contributed by atoms with van der Waals surface area (Å²) in [5.41, 5.74) is 2.61. The van der Waals surface area contributed by atoms with Gasteiger partial charge in [-0.3, -0.25) is 4.90 Å². The summed E-state index contributed by atoms with van der Waals surface area (Å²) in [6.07, 6.45) is 1.85. The first-order valence-corrected chi connectivity index (χ1v) is 8.42. The standard InChI is InChI=1S/C20H18F2N2O2/c1-26-9-8-23-18-5-3-2-4-15(18)19-10-13(12-24(19)20(23)25)16-11-14(21)6-7-17(16)22/h2-7,10-11,19H,8-9,12H2,1H3. The minimum atomic E-state index is -0.499. The quantitative estimate of drug-likeness (QED) is 0.830. The van der Waals surface area contributed by atoms with Crippen LogP contribution in [0.15, 0.2) is 48.5 Å². The Labute approximate surface area is 150 Å². The number of amides is 2. The van der Waals surface area contributed by atoms with Crippen molar-refractivity contribution in [2.24, 2.45) is 0 Å². The van der Waals surface area contributed by atoms with Crippen molar-refractivity contribution in [3.05, 3.63) is 71.3 Å². The molecule has 0 aliphatic carbocycles. The molecule has 1 unspecified atom stereocenters. The molecular weight excluding hydrogens is 338 g/mol. The van der Waals surface area contributed by atoms with E-state index in [0.717, 1.165) is 23.4 Å². The molecule has 2 heterocycles. The lowest BCUT2D eigenvalue weighted by atomic mass is 10.00. The summed E-state index contributed by atoms with van der Waals surface area (Å²) in [4.78, 5) is 16.4. The zero-order chi connectivity index (χ0) is 18.3. The van der Waals surface area contributed by atoms with E-state index in [2.05, 4.69) is 0 Å². The number of halogens is 2. The van der Waals surface area contributed by atoms with E-state index in [9.17, 15) is 13.6 Å². The zero-order valence-corrected chi connectivity index (χ0v) is 14.3. The summed E-state index contributed by atoms with van der Waals surface area (Å²) in [6.45, 7) is 1.08. The molecule has 1 atom stereocenters. The zero-order valence-electron chi connectivity index (χ0n) is 14.3. The van der Waals surface area contributed by atoms with E-state index in [-0.39, 0.29) is 24.2 Å². The van der Waals surface area contributed by atoms with Crippen LogP contribution in [0, 0.1) is 11.6 Å². The summed E-state index contributed by atoms with van der Waals surface area (Å²) >= 11 is 0.